The number of anilines is 1. The summed E-state index contributed by atoms with van der Waals surface area (Å²) in [6.07, 6.45) is 2.00. The van der Waals surface area contributed by atoms with E-state index in [0.717, 1.165) is 24.3 Å². The fourth-order valence-corrected chi connectivity index (χ4v) is 2.71. The lowest BCUT2D eigenvalue weighted by molar-refractivity contribution is 0.285. The second-order valence-corrected chi connectivity index (χ2v) is 6.47. The summed E-state index contributed by atoms with van der Waals surface area (Å²) in [4.78, 5) is 2.08. The highest BCUT2D eigenvalue weighted by molar-refractivity contribution is 5.49. The van der Waals surface area contributed by atoms with Gasteiger partial charge < -0.3 is 15.4 Å². The summed E-state index contributed by atoms with van der Waals surface area (Å²) in [6, 6.07) is 18.7. The molecule has 0 aliphatic carbocycles. The monoisotopic (exact) mass is 312 g/mol. The normalized spacial score (nSPS) is 13.4. The number of hydrogen-bond donors (Lipinski definition) is 1. The van der Waals surface area contributed by atoms with Gasteiger partial charge in [-0.2, -0.15) is 0 Å². The van der Waals surface area contributed by atoms with Crippen molar-refractivity contribution in [1.29, 1.82) is 0 Å². The molecular formula is C20H28N2O. The number of ether oxygens (including phenoxy) is 1. The van der Waals surface area contributed by atoms with E-state index in [2.05, 4.69) is 48.2 Å². The summed E-state index contributed by atoms with van der Waals surface area (Å²) >= 11 is 0. The van der Waals surface area contributed by atoms with E-state index in [1.165, 1.54) is 5.56 Å². The molecule has 0 heterocycles. The van der Waals surface area contributed by atoms with Gasteiger partial charge in [0.2, 0.25) is 0 Å². The molecule has 2 rings (SSSR count). The second kappa shape index (κ2) is 8.02. The van der Waals surface area contributed by atoms with Crippen LogP contribution in [0.2, 0.25) is 0 Å². The molecule has 0 aromatic heterocycles. The Morgan fingerprint density at radius 2 is 1.78 bits per heavy atom. The molecule has 0 aliphatic rings. The van der Waals surface area contributed by atoms with Crippen molar-refractivity contribution in [1.82, 2.24) is 0 Å². The van der Waals surface area contributed by atoms with E-state index in [1.54, 1.807) is 0 Å². The molecule has 23 heavy (non-hydrogen) atoms. The summed E-state index contributed by atoms with van der Waals surface area (Å²) < 4.78 is 5.91. The maximum atomic E-state index is 6.04. The molecule has 2 aromatic carbocycles. The highest BCUT2D eigenvalue weighted by atomic mass is 16.5. The fraction of sp³-hybridized carbons (Fsp3) is 0.400. The van der Waals surface area contributed by atoms with Gasteiger partial charge in [0, 0.05) is 37.8 Å². The van der Waals surface area contributed by atoms with Gasteiger partial charge in [-0.15, -0.1) is 0 Å². The average Bonchev–Trinajstić information content (AvgIpc) is 2.59. The van der Waals surface area contributed by atoms with Crippen LogP contribution in [0, 0.1) is 0 Å². The van der Waals surface area contributed by atoms with Crippen molar-refractivity contribution in [2.75, 3.05) is 32.1 Å². The molecule has 1 atom stereocenters. The minimum absolute atomic E-state index is 0.0100. The van der Waals surface area contributed by atoms with Crippen molar-refractivity contribution in [3.8, 4) is 5.75 Å². The lowest BCUT2D eigenvalue weighted by Gasteiger charge is -2.28. The largest absolute Gasteiger partial charge is 0.494 e. The van der Waals surface area contributed by atoms with Gasteiger partial charge in [0.15, 0.2) is 0 Å². The first-order valence-corrected chi connectivity index (χ1v) is 8.21. The highest BCUT2D eigenvalue weighted by Gasteiger charge is 2.24. The molecule has 0 saturated carbocycles. The molecule has 3 nitrogen and oxygen atoms in total. The third kappa shape index (κ3) is 4.73. The average molecular weight is 312 g/mol. The van der Waals surface area contributed by atoms with Gasteiger partial charge in [0.05, 0.1) is 6.61 Å². The SMILES string of the molecule is CN(C)c1cccc(OCCCC(C)(CN)c2ccccc2)c1. The van der Waals surface area contributed by atoms with Crippen LogP contribution in [0.5, 0.6) is 5.75 Å². The van der Waals surface area contributed by atoms with Crippen LogP contribution < -0.4 is 15.4 Å². The Kier molecular flexibility index (Phi) is 6.05. The summed E-state index contributed by atoms with van der Waals surface area (Å²) in [7, 11) is 4.07. The Labute approximate surface area is 140 Å². The smallest absolute Gasteiger partial charge is 0.121 e. The number of benzene rings is 2. The first-order valence-electron chi connectivity index (χ1n) is 8.21. The van der Waals surface area contributed by atoms with E-state index in [1.807, 2.05) is 32.3 Å². The predicted molar refractivity (Wildman–Crippen MR) is 98.3 cm³/mol. The van der Waals surface area contributed by atoms with Gasteiger partial charge in [-0.25, -0.2) is 0 Å². The van der Waals surface area contributed by atoms with Crippen LogP contribution >= 0.6 is 0 Å². The summed E-state index contributed by atoms with van der Waals surface area (Å²) in [5, 5.41) is 0. The van der Waals surface area contributed by atoms with E-state index in [0.29, 0.717) is 13.2 Å². The molecule has 124 valence electrons. The molecular weight excluding hydrogens is 284 g/mol. The zero-order chi connectivity index (χ0) is 16.7. The number of nitrogens with two attached hydrogens (primary N) is 1. The zero-order valence-electron chi connectivity index (χ0n) is 14.5. The van der Waals surface area contributed by atoms with Crippen LogP contribution in [0.25, 0.3) is 0 Å². The first-order chi connectivity index (χ1) is 11.0. The van der Waals surface area contributed by atoms with Crippen molar-refractivity contribution in [3.05, 3.63) is 60.2 Å². The van der Waals surface area contributed by atoms with E-state index >= 15 is 0 Å². The van der Waals surface area contributed by atoms with Gasteiger partial charge in [-0.1, -0.05) is 43.3 Å². The van der Waals surface area contributed by atoms with Crippen LogP contribution in [0.1, 0.15) is 25.3 Å². The third-order valence-corrected chi connectivity index (χ3v) is 4.40. The van der Waals surface area contributed by atoms with E-state index < -0.39 is 0 Å². The predicted octanol–water partition coefficient (Wildman–Crippen LogP) is 3.83. The standard InChI is InChI=1S/C20H28N2O/c1-20(16-21,17-9-5-4-6-10-17)13-8-14-23-19-12-7-11-18(15-19)22(2)3/h4-7,9-12,15H,8,13-14,16,21H2,1-3H3. The number of nitrogens with zero attached hydrogens (tertiary/aromatic N) is 1. The van der Waals surface area contributed by atoms with Crippen molar-refractivity contribution in [3.63, 3.8) is 0 Å². The Balaban J connectivity index is 1.88. The first kappa shape index (κ1) is 17.4. The van der Waals surface area contributed by atoms with Gasteiger partial charge in [-0.05, 0) is 30.5 Å². The van der Waals surface area contributed by atoms with Gasteiger partial charge >= 0.3 is 0 Å². The molecule has 2 N–H and O–H groups in total. The van der Waals surface area contributed by atoms with Crippen molar-refractivity contribution in [2.45, 2.75) is 25.2 Å². The minimum Gasteiger partial charge on any atom is -0.494 e. The molecule has 0 amide bonds. The molecule has 0 fully saturated rings. The Morgan fingerprint density at radius 1 is 1.04 bits per heavy atom. The highest BCUT2D eigenvalue weighted by Crippen LogP contribution is 2.28. The molecule has 2 aromatic rings. The second-order valence-electron chi connectivity index (χ2n) is 6.47. The van der Waals surface area contributed by atoms with Gasteiger partial charge in [-0.3, -0.25) is 0 Å². The summed E-state index contributed by atoms with van der Waals surface area (Å²) in [5.41, 5.74) is 8.50. The van der Waals surface area contributed by atoms with Gasteiger partial charge in [0.1, 0.15) is 5.75 Å². The summed E-state index contributed by atoms with van der Waals surface area (Å²) in [6.45, 7) is 3.58. The van der Waals surface area contributed by atoms with Crippen molar-refractivity contribution < 1.29 is 4.74 Å². The Hall–Kier alpha value is -2.00. The van der Waals surface area contributed by atoms with Crippen LogP contribution in [-0.2, 0) is 5.41 Å². The van der Waals surface area contributed by atoms with Crippen molar-refractivity contribution in [2.24, 2.45) is 5.73 Å². The molecule has 1 unspecified atom stereocenters. The van der Waals surface area contributed by atoms with E-state index in [9.17, 15) is 0 Å². The molecule has 0 spiro atoms. The molecule has 3 heteroatoms. The molecule has 0 bridgehead atoms. The zero-order valence-corrected chi connectivity index (χ0v) is 14.5. The topological polar surface area (TPSA) is 38.5 Å². The number of rotatable bonds is 8. The molecule has 0 aliphatic heterocycles. The van der Waals surface area contributed by atoms with Crippen LogP contribution in [0.15, 0.2) is 54.6 Å². The minimum atomic E-state index is 0.0100. The Bertz CT molecular complexity index is 598. The fourth-order valence-electron chi connectivity index (χ4n) is 2.71. The lowest BCUT2D eigenvalue weighted by atomic mass is 9.79. The quantitative estimate of drug-likeness (QED) is 0.753. The third-order valence-electron chi connectivity index (χ3n) is 4.40. The maximum absolute atomic E-state index is 6.04. The van der Waals surface area contributed by atoms with Crippen LogP contribution in [0.4, 0.5) is 5.69 Å². The van der Waals surface area contributed by atoms with Crippen LogP contribution in [-0.4, -0.2) is 27.2 Å². The maximum Gasteiger partial charge on any atom is 0.121 e. The number of hydrogen-bond acceptors (Lipinski definition) is 3. The van der Waals surface area contributed by atoms with Crippen LogP contribution in [0.3, 0.4) is 0 Å². The Morgan fingerprint density at radius 3 is 2.43 bits per heavy atom. The molecule has 0 radical (unpaired) electrons. The summed E-state index contributed by atoms with van der Waals surface area (Å²) in [5.74, 6) is 0.922. The molecule has 0 saturated heterocycles. The van der Waals surface area contributed by atoms with Gasteiger partial charge in [0.25, 0.3) is 0 Å². The lowest BCUT2D eigenvalue weighted by Crippen LogP contribution is -2.32. The van der Waals surface area contributed by atoms with E-state index in [-0.39, 0.29) is 5.41 Å². The van der Waals surface area contributed by atoms with E-state index in [4.69, 9.17) is 10.5 Å². The van der Waals surface area contributed by atoms with Crippen molar-refractivity contribution >= 4 is 5.69 Å².